The van der Waals surface area contributed by atoms with Crippen molar-refractivity contribution in [2.75, 3.05) is 5.73 Å². The van der Waals surface area contributed by atoms with E-state index in [0.717, 1.165) is 16.7 Å². The summed E-state index contributed by atoms with van der Waals surface area (Å²) in [7, 11) is 0. The molecule has 2 rings (SSSR count). The number of hydrogen-bond acceptors (Lipinski definition) is 3. The minimum absolute atomic E-state index is 0.224. The van der Waals surface area contributed by atoms with E-state index in [0.29, 0.717) is 11.3 Å². The Morgan fingerprint density at radius 1 is 1.19 bits per heavy atom. The van der Waals surface area contributed by atoms with E-state index in [-0.39, 0.29) is 11.6 Å². The molecule has 2 aromatic carbocycles. The Morgan fingerprint density at radius 2 is 1.81 bits per heavy atom. The van der Waals surface area contributed by atoms with Gasteiger partial charge in [-0.15, -0.1) is 0 Å². The summed E-state index contributed by atoms with van der Waals surface area (Å²) in [5, 5.41) is 0.236. The number of carbonyl (C=O) groups excluding carboxylic acids is 1. The van der Waals surface area contributed by atoms with Crippen LogP contribution in [0.4, 0.5) is 5.69 Å². The van der Waals surface area contributed by atoms with Crippen LogP contribution in [-0.2, 0) is 11.3 Å². The second-order valence-electron chi connectivity index (χ2n) is 5.16. The van der Waals surface area contributed by atoms with Crippen LogP contribution in [0.2, 0.25) is 5.02 Å². The van der Waals surface area contributed by atoms with E-state index in [1.54, 1.807) is 18.2 Å². The smallest absolute Gasteiger partial charge is 0.340 e. The lowest BCUT2D eigenvalue weighted by atomic mass is 10.0. The van der Waals surface area contributed by atoms with E-state index in [2.05, 4.69) is 12.1 Å². The van der Waals surface area contributed by atoms with Crippen LogP contribution in [0.5, 0.6) is 0 Å². The number of ether oxygens (including phenoxy) is 1. The van der Waals surface area contributed by atoms with Gasteiger partial charge in [0.15, 0.2) is 0 Å². The lowest BCUT2D eigenvalue weighted by Gasteiger charge is -2.12. The predicted molar refractivity (Wildman–Crippen MR) is 85.6 cm³/mol. The molecule has 0 heterocycles. The molecule has 0 aliphatic heterocycles. The first-order valence-corrected chi connectivity index (χ1v) is 7.05. The number of anilines is 1. The lowest BCUT2D eigenvalue weighted by Crippen LogP contribution is -2.08. The lowest BCUT2D eigenvalue weighted by molar-refractivity contribution is 0.0472. The molecule has 2 aromatic rings. The van der Waals surface area contributed by atoms with Gasteiger partial charge in [0, 0.05) is 0 Å². The zero-order valence-electron chi connectivity index (χ0n) is 12.4. The van der Waals surface area contributed by atoms with Crippen LogP contribution in [0, 0.1) is 20.8 Å². The molecular formula is C17H18ClNO2. The highest BCUT2D eigenvalue weighted by molar-refractivity contribution is 6.36. The van der Waals surface area contributed by atoms with Crippen LogP contribution in [0.25, 0.3) is 0 Å². The van der Waals surface area contributed by atoms with Crippen molar-refractivity contribution in [3.63, 3.8) is 0 Å². The molecule has 0 spiro atoms. The van der Waals surface area contributed by atoms with Gasteiger partial charge in [-0.1, -0.05) is 35.4 Å². The van der Waals surface area contributed by atoms with Crippen LogP contribution in [-0.4, -0.2) is 5.97 Å². The van der Waals surface area contributed by atoms with Gasteiger partial charge in [-0.05, 0) is 49.6 Å². The molecule has 0 amide bonds. The molecule has 3 nitrogen and oxygen atoms in total. The molecule has 0 saturated carbocycles. The largest absolute Gasteiger partial charge is 0.457 e. The summed E-state index contributed by atoms with van der Waals surface area (Å²) < 4.78 is 5.37. The van der Waals surface area contributed by atoms with Gasteiger partial charge >= 0.3 is 5.97 Å². The molecule has 0 radical (unpaired) electrons. The third-order valence-corrected chi connectivity index (χ3v) is 3.86. The monoisotopic (exact) mass is 303 g/mol. The number of esters is 1. The Hall–Kier alpha value is -2.00. The summed E-state index contributed by atoms with van der Waals surface area (Å²) in [6.07, 6.45) is 0. The summed E-state index contributed by atoms with van der Waals surface area (Å²) >= 11 is 6.03. The Balaban J connectivity index is 2.17. The molecule has 0 aromatic heterocycles. The summed E-state index contributed by atoms with van der Waals surface area (Å²) in [6.45, 7) is 6.29. The average molecular weight is 304 g/mol. The van der Waals surface area contributed by atoms with E-state index in [1.807, 2.05) is 20.8 Å². The third-order valence-electron chi connectivity index (χ3n) is 3.44. The van der Waals surface area contributed by atoms with E-state index < -0.39 is 5.97 Å². The number of nitrogen functional groups attached to an aromatic ring is 1. The maximum Gasteiger partial charge on any atom is 0.340 e. The molecule has 21 heavy (non-hydrogen) atoms. The van der Waals surface area contributed by atoms with Gasteiger partial charge in [0.05, 0.1) is 16.3 Å². The molecule has 0 atom stereocenters. The van der Waals surface area contributed by atoms with Crippen molar-refractivity contribution in [3.05, 3.63) is 63.2 Å². The zero-order valence-corrected chi connectivity index (χ0v) is 13.1. The number of nitrogens with two attached hydrogens (primary N) is 1. The van der Waals surface area contributed by atoms with Crippen molar-refractivity contribution in [1.29, 1.82) is 0 Å². The fourth-order valence-corrected chi connectivity index (χ4v) is 2.56. The Bertz CT molecular complexity index is 672. The zero-order chi connectivity index (χ0) is 15.6. The number of halogens is 1. The molecule has 110 valence electrons. The summed E-state index contributed by atoms with van der Waals surface area (Å²) in [6, 6.07) is 9.08. The van der Waals surface area contributed by atoms with Crippen molar-refractivity contribution < 1.29 is 9.53 Å². The first-order valence-electron chi connectivity index (χ1n) is 6.68. The second kappa shape index (κ2) is 6.19. The molecule has 0 fully saturated rings. The van der Waals surface area contributed by atoms with Gasteiger partial charge < -0.3 is 10.5 Å². The van der Waals surface area contributed by atoms with Crippen molar-refractivity contribution in [2.45, 2.75) is 27.4 Å². The molecular weight excluding hydrogens is 286 g/mol. The molecule has 4 heteroatoms. The Labute approximate surface area is 129 Å². The van der Waals surface area contributed by atoms with E-state index >= 15 is 0 Å². The topological polar surface area (TPSA) is 52.3 Å². The number of hydrogen-bond donors (Lipinski definition) is 1. The summed E-state index contributed by atoms with van der Waals surface area (Å²) in [5.74, 6) is -0.466. The van der Waals surface area contributed by atoms with Gasteiger partial charge in [0.2, 0.25) is 0 Å². The Kier molecular flexibility index (Phi) is 4.53. The summed E-state index contributed by atoms with van der Waals surface area (Å²) in [5.41, 5.74) is 10.8. The van der Waals surface area contributed by atoms with Gasteiger partial charge in [-0.25, -0.2) is 4.79 Å². The molecule has 2 N–H and O–H groups in total. The molecule has 0 saturated heterocycles. The maximum absolute atomic E-state index is 12.1. The molecule has 0 aliphatic rings. The van der Waals surface area contributed by atoms with Crippen LogP contribution >= 0.6 is 11.6 Å². The van der Waals surface area contributed by atoms with Crippen molar-refractivity contribution in [1.82, 2.24) is 0 Å². The highest BCUT2D eigenvalue weighted by atomic mass is 35.5. The van der Waals surface area contributed by atoms with E-state index in [1.165, 1.54) is 5.56 Å². The number of benzene rings is 2. The average Bonchev–Trinajstić information content (AvgIpc) is 2.40. The number of aryl methyl sites for hydroxylation is 3. The third kappa shape index (κ3) is 3.37. The standard InChI is InChI=1S/C17H18ClNO2/c1-10-7-11(2)14(12(3)8-10)9-21-17(20)13-5-4-6-15(19)16(13)18/h4-8H,9,19H2,1-3H3. The number of rotatable bonds is 3. The number of carbonyl (C=O) groups is 1. The van der Waals surface area contributed by atoms with Gasteiger partial charge in [0.1, 0.15) is 6.61 Å². The van der Waals surface area contributed by atoms with Crippen molar-refractivity contribution in [3.8, 4) is 0 Å². The normalized spacial score (nSPS) is 10.5. The highest BCUT2D eigenvalue weighted by Gasteiger charge is 2.14. The summed E-state index contributed by atoms with van der Waals surface area (Å²) in [4.78, 5) is 12.1. The second-order valence-corrected chi connectivity index (χ2v) is 5.54. The van der Waals surface area contributed by atoms with Crippen LogP contribution in [0.15, 0.2) is 30.3 Å². The van der Waals surface area contributed by atoms with Crippen molar-refractivity contribution >= 4 is 23.3 Å². The molecule has 0 unspecified atom stereocenters. The van der Waals surface area contributed by atoms with Crippen LogP contribution in [0.3, 0.4) is 0 Å². The first-order chi connectivity index (χ1) is 9.90. The van der Waals surface area contributed by atoms with Gasteiger partial charge in [-0.2, -0.15) is 0 Å². The van der Waals surface area contributed by atoms with E-state index in [9.17, 15) is 4.79 Å². The van der Waals surface area contributed by atoms with Crippen LogP contribution < -0.4 is 5.73 Å². The first kappa shape index (κ1) is 15.4. The van der Waals surface area contributed by atoms with Gasteiger partial charge in [0.25, 0.3) is 0 Å². The molecule has 0 bridgehead atoms. The quantitative estimate of drug-likeness (QED) is 0.683. The minimum atomic E-state index is -0.466. The fraction of sp³-hybridized carbons (Fsp3) is 0.235. The van der Waals surface area contributed by atoms with E-state index in [4.69, 9.17) is 22.1 Å². The highest BCUT2D eigenvalue weighted by Crippen LogP contribution is 2.24. The van der Waals surface area contributed by atoms with Crippen LogP contribution in [0.1, 0.15) is 32.6 Å². The maximum atomic E-state index is 12.1. The van der Waals surface area contributed by atoms with Crippen molar-refractivity contribution in [2.24, 2.45) is 0 Å². The minimum Gasteiger partial charge on any atom is -0.457 e. The predicted octanol–water partition coefficient (Wildman–Crippen LogP) is 4.20. The Morgan fingerprint density at radius 3 is 2.43 bits per heavy atom. The SMILES string of the molecule is Cc1cc(C)c(COC(=O)c2cccc(N)c2Cl)c(C)c1. The molecule has 0 aliphatic carbocycles. The van der Waals surface area contributed by atoms with Gasteiger partial charge in [-0.3, -0.25) is 0 Å². The fourth-order valence-electron chi connectivity index (χ4n) is 2.36.